The van der Waals surface area contributed by atoms with Crippen molar-refractivity contribution in [1.82, 2.24) is 0 Å². The summed E-state index contributed by atoms with van der Waals surface area (Å²) in [5.41, 5.74) is 1.68. The monoisotopic (exact) mass is 595 g/mol. The van der Waals surface area contributed by atoms with Gasteiger partial charge in [0.15, 0.2) is 25.0 Å². The molecule has 0 aromatic carbocycles. The first-order chi connectivity index (χ1) is 17.9. The van der Waals surface area contributed by atoms with Crippen molar-refractivity contribution in [2.75, 3.05) is 13.7 Å². The molecule has 4 saturated carbocycles. The third-order valence-corrected chi connectivity index (χ3v) is 13.9. The van der Waals surface area contributed by atoms with Crippen LogP contribution in [0.5, 0.6) is 0 Å². The topological polar surface area (TPSA) is 49.3 Å². The van der Waals surface area contributed by atoms with Crippen LogP contribution >= 0.6 is 0 Å². The van der Waals surface area contributed by atoms with Crippen LogP contribution in [0, 0.1) is 40.4 Å². The Bertz CT molecular complexity index is 894. The number of nitrogens with zero attached hydrogens (tertiary/aromatic N) is 1. The fourth-order valence-electron chi connectivity index (χ4n) is 9.62. The van der Waals surface area contributed by atoms with E-state index < -0.39 is 25.0 Å². The molecule has 4 aliphatic carbocycles. The highest BCUT2D eigenvalue weighted by Gasteiger charge is 2.64. The molecule has 5 nitrogen and oxygen atoms in total. The fourth-order valence-corrected chi connectivity index (χ4v) is 12.6. The van der Waals surface area contributed by atoms with Crippen LogP contribution in [-0.4, -0.2) is 56.6 Å². The zero-order chi connectivity index (χ0) is 29.0. The van der Waals surface area contributed by atoms with E-state index in [2.05, 4.69) is 77.9 Å². The molecule has 6 unspecified atom stereocenters. The van der Waals surface area contributed by atoms with Crippen molar-refractivity contribution in [2.45, 2.75) is 136 Å². The van der Waals surface area contributed by atoms with E-state index in [-0.39, 0.29) is 5.41 Å². The lowest BCUT2D eigenvalue weighted by atomic mass is 9.44. The summed E-state index contributed by atoms with van der Waals surface area (Å²) >= 11 is 0. The van der Waals surface area contributed by atoms with Gasteiger partial charge in [0, 0.05) is 18.1 Å². The normalized spacial score (nSPS) is 41.5. The zero-order valence-electron chi connectivity index (χ0n) is 27.5. The predicted molar refractivity (Wildman–Crippen MR) is 171 cm³/mol. The number of fused-ring (bicyclic) bond motifs is 5. The molecule has 39 heavy (non-hydrogen) atoms. The molecular weight excluding hydrogens is 535 g/mol. The maximum atomic E-state index is 7.26. The summed E-state index contributed by atoms with van der Waals surface area (Å²) in [6, 6.07) is 0. The quantitative estimate of drug-likeness (QED) is 0.152. The van der Waals surface area contributed by atoms with Crippen molar-refractivity contribution in [2.24, 2.45) is 45.6 Å². The molecule has 0 radical (unpaired) electrons. The van der Waals surface area contributed by atoms with Gasteiger partial charge in [-0.1, -0.05) is 19.0 Å². The number of hydrogen-bond acceptors (Lipinski definition) is 5. The van der Waals surface area contributed by atoms with Crippen LogP contribution in [-0.2, 0) is 18.1 Å². The van der Waals surface area contributed by atoms with E-state index in [1.54, 1.807) is 7.11 Å². The van der Waals surface area contributed by atoms with Gasteiger partial charge in [0.1, 0.15) is 7.11 Å². The van der Waals surface area contributed by atoms with Crippen molar-refractivity contribution >= 4 is 30.7 Å². The summed E-state index contributed by atoms with van der Waals surface area (Å²) < 4.78 is 20.4. The van der Waals surface area contributed by atoms with Gasteiger partial charge in [-0.25, -0.2) is 0 Å². The summed E-state index contributed by atoms with van der Waals surface area (Å²) in [6.45, 7) is 26.9. The summed E-state index contributed by atoms with van der Waals surface area (Å²) in [5, 5.41) is 4.64. The van der Waals surface area contributed by atoms with Crippen LogP contribution in [0.3, 0.4) is 0 Å². The second-order valence-electron chi connectivity index (χ2n) is 17.0. The molecular formula is C31H61NO4Si3. The maximum absolute atomic E-state index is 7.26. The minimum atomic E-state index is -1.73. The summed E-state index contributed by atoms with van der Waals surface area (Å²) in [7, 11) is -3.21. The second kappa shape index (κ2) is 11.3. The molecule has 0 amide bonds. The molecule has 0 saturated heterocycles. The van der Waals surface area contributed by atoms with Gasteiger partial charge in [-0.15, -0.1) is 0 Å². The van der Waals surface area contributed by atoms with Crippen molar-refractivity contribution < 1.29 is 18.1 Å². The molecule has 8 heteroatoms. The molecule has 0 aromatic heterocycles. The van der Waals surface area contributed by atoms with E-state index in [4.69, 9.17) is 18.1 Å². The first-order valence-electron chi connectivity index (χ1n) is 16.0. The van der Waals surface area contributed by atoms with Crippen LogP contribution in [0.15, 0.2) is 5.16 Å². The molecule has 0 spiro atoms. The summed E-state index contributed by atoms with van der Waals surface area (Å²) in [6.07, 6.45) is 11.0. The fraction of sp³-hybridized carbons (Fsp3) is 0.968. The molecule has 0 bridgehead atoms. The van der Waals surface area contributed by atoms with E-state index >= 15 is 0 Å². The molecule has 9 atom stereocenters. The number of hydrogen-bond donors (Lipinski definition) is 0. The highest BCUT2D eigenvalue weighted by molar-refractivity contribution is 6.70. The van der Waals surface area contributed by atoms with Gasteiger partial charge in [0.2, 0.25) is 0 Å². The van der Waals surface area contributed by atoms with Gasteiger partial charge in [-0.05, 0) is 145 Å². The molecule has 0 N–H and O–H groups in total. The first-order valence-corrected chi connectivity index (χ1v) is 26.2. The zero-order valence-corrected chi connectivity index (χ0v) is 30.5. The first kappa shape index (κ1) is 31.9. The van der Waals surface area contributed by atoms with Gasteiger partial charge < -0.3 is 18.1 Å². The van der Waals surface area contributed by atoms with Crippen LogP contribution in [0.2, 0.25) is 58.9 Å². The van der Waals surface area contributed by atoms with E-state index in [9.17, 15) is 0 Å². The average molecular weight is 596 g/mol. The largest absolute Gasteiger partial charge is 0.415 e. The van der Waals surface area contributed by atoms with E-state index in [1.165, 1.54) is 44.9 Å². The number of oxime groups is 1. The standard InChI is InChI=1S/C31H61NO4Si3/c1-30-18-17-23(35-38(7,8)9)19-22(30)13-14-24-25-15-16-26(27(32-33-3)21-34-37(4,5)6)31(25,2)20-28(29(24)30)36-39(10,11)12/h22-26,28-29H,13-21H2,1-12H3/b32-27+/t22-,23-,24?,25?,26?,28+,29?,30?,31?/m1/s1. The molecule has 0 aromatic rings. The lowest BCUT2D eigenvalue weighted by molar-refractivity contribution is -0.168. The molecule has 4 rings (SSSR count). The van der Waals surface area contributed by atoms with E-state index in [0.717, 1.165) is 29.9 Å². The Hall–Kier alpha value is 0.000649. The van der Waals surface area contributed by atoms with Gasteiger partial charge in [0.25, 0.3) is 0 Å². The Morgan fingerprint density at radius 1 is 0.795 bits per heavy atom. The molecule has 0 aliphatic heterocycles. The lowest BCUT2D eigenvalue weighted by Gasteiger charge is -2.64. The minimum absolute atomic E-state index is 0.187. The Balaban J connectivity index is 1.64. The van der Waals surface area contributed by atoms with E-state index in [1.807, 2.05) is 0 Å². The second-order valence-corrected chi connectivity index (χ2v) is 30.4. The van der Waals surface area contributed by atoms with Gasteiger partial charge >= 0.3 is 0 Å². The highest BCUT2D eigenvalue weighted by atomic mass is 28.4. The lowest BCUT2D eigenvalue weighted by Crippen LogP contribution is -2.61. The van der Waals surface area contributed by atoms with Crippen LogP contribution in [0.1, 0.15) is 65.2 Å². The van der Waals surface area contributed by atoms with Crippen LogP contribution in [0.4, 0.5) is 0 Å². The molecule has 4 fully saturated rings. The Morgan fingerprint density at radius 3 is 2.05 bits per heavy atom. The molecule has 226 valence electrons. The minimum Gasteiger partial charge on any atom is -0.415 e. The van der Waals surface area contributed by atoms with Crippen molar-refractivity contribution in [3.05, 3.63) is 0 Å². The Morgan fingerprint density at radius 2 is 1.46 bits per heavy atom. The van der Waals surface area contributed by atoms with Crippen LogP contribution < -0.4 is 0 Å². The smallest absolute Gasteiger partial charge is 0.184 e. The Labute approximate surface area is 243 Å². The number of rotatable bonds is 9. The molecule has 0 heterocycles. The third kappa shape index (κ3) is 6.98. The average Bonchev–Trinajstić information content (AvgIpc) is 3.10. The summed E-state index contributed by atoms with van der Waals surface area (Å²) in [4.78, 5) is 5.44. The molecule has 4 aliphatic rings. The van der Waals surface area contributed by atoms with Gasteiger partial charge in [0.05, 0.1) is 12.3 Å². The third-order valence-electron chi connectivity index (χ3n) is 10.8. The SMILES string of the molecule is CO/N=C(\CO[Si](C)(C)C)C1CCC2C3CC[C@@H]4C[C@H](O[Si](C)(C)C)CCC4(C)C3[C@@H](O[Si](C)(C)C)CC12C. The van der Waals surface area contributed by atoms with Gasteiger partial charge in [-0.2, -0.15) is 0 Å². The van der Waals surface area contributed by atoms with E-state index in [0.29, 0.717) is 36.1 Å². The van der Waals surface area contributed by atoms with Crippen molar-refractivity contribution in [3.8, 4) is 0 Å². The van der Waals surface area contributed by atoms with Crippen LogP contribution in [0.25, 0.3) is 0 Å². The van der Waals surface area contributed by atoms with Crippen molar-refractivity contribution in [1.29, 1.82) is 0 Å². The Kier molecular flexibility index (Phi) is 9.21. The maximum Gasteiger partial charge on any atom is 0.184 e. The van der Waals surface area contributed by atoms with Crippen molar-refractivity contribution in [3.63, 3.8) is 0 Å². The summed E-state index contributed by atoms with van der Waals surface area (Å²) in [5.74, 6) is 3.32. The predicted octanol–water partition coefficient (Wildman–Crippen LogP) is 8.55. The highest BCUT2D eigenvalue weighted by Crippen LogP contribution is 2.68. The van der Waals surface area contributed by atoms with Gasteiger partial charge in [-0.3, -0.25) is 0 Å².